The quantitative estimate of drug-likeness (QED) is 0.779. The Kier molecular flexibility index (Phi) is 3.31. The van der Waals surface area contributed by atoms with Crippen molar-refractivity contribution in [1.82, 2.24) is 20.2 Å². The van der Waals surface area contributed by atoms with E-state index in [-0.39, 0.29) is 6.29 Å². The third kappa shape index (κ3) is 2.73. The van der Waals surface area contributed by atoms with Crippen molar-refractivity contribution in [1.29, 1.82) is 0 Å². The fourth-order valence-corrected chi connectivity index (χ4v) is 2.21. The zero-order valence-corrected chi connectivity index (χ0v) is 12.0. The van der Waals surface area contributed by atoms with Gasteiger partial charge < -0.3 is 9.47 Å². The fraction of sp³-hybridized carbons (Fsp3) is 0.462. The van der Waals surface area contributed by atoms with Crippen molar-refractivity contribution in [2.24, 2.45) is 7.05 Å². The summed E-state index contributed by atoms with van der Waals surface area (Å²) in [4.78, 5) is 1.45. The number of aromatic nitrogens is 4. The highest BCUT2D eigenvalue weighted by Crippen LogP contribution is 2.28. The maximum absolute atomic E-state index is 5.82. The van der Waals surface area contributed by atoms with Gasteiger partial charge in [-0.2, -0.15) is 18.4 Å². The highest BCUT2D eigenvalue weighted by Gasteiger charge is 2.25. The van der Waals surface area contributed by atoms with E-state index in [9.17, 15) is 0 Å². The van der Waals surface area contributed by atoms with Crippen LogP contribution in [0.1, 0.15) is 11.9 Å². The number of benzene rings is 1. The van der Waals surface area contributed by atoms with Crippen LogP contribution < -0.4 is 0 Å². The van der Waals surface area contributed by atoms with Crippen molar-refractivity contribution in [2.45, 2.75) is 19.9 Å². The lowest BCUT2D eigenvalue weighted by Crippen LogP contribution is -2.44. The van der Waals surface area contributed by atoms with Gasteiger partial charge in [0.05, 0.1) is 7.05 Å². The Morgan fingerprint density at radius 1 is 1.25 bits per heavy atom. The molecule has 1 aromatic carbocycles. The molecule has 2 aromatic rings. The minimum Gasteiger partial charge on any atom is -0.387 e. The van der Waals surface area contributed by atoms with Gasteiger partial charge in [0, 0.05) is 17.3 Å². The van der Waals surface area contributed by atoms with Gasteiger partial charge >= 0.3 is 0 Å². The fourth-order valence-electron chi connectivity index (χ4n) is 2.21. The first-order chi connectivity index (χ1) is 9.53. The predicted molar refractivity (Wildman–Crippen MR) is 76.4 cm³/mol. The molecule has 1 saturated heterocycles. The molecule has 20 heavy (non-hydrogen) atoms. The molecule has 3 rings (SSSR count). The highest BCUT2D eigenvalue weighted by molar-refractivity contribution is 6.77. The first-order valence-electron chi connectivity index (χ1n) is 6.87. The van der Waals surface area contributed by atoms with Crippen molar-refractivity contribution in [3.63, 3.8) is 0 Å². The second-order valence-corrected chi connectivity index (χ2v) is 6.23. The van der Waals surface area contributed by atoms with Crippen molar-refractivity contribution in [3.8, 4) is 11.4 Å². The second-order valence-electron chi connectivity index (χ2n) is 6.23. The molecule has 0 atom stereocenters. The summed E-state index contributed by atoms with van der Waals surface area (Å²) in [5.41, 5.74) is 1.90. The van der Waals surface area contributed by atoms with Crippen LogP contribution in [-0.4, -0.2) is 39.4 Å². The predicted octanol–water partition coefficient (Wildman–Crippen LogP) is 1.71. The molecular weight excluding hydrogens is 255 g/mol. The van der Waals surface area contributed by atoms with Gasteiger partial charge in [0.1, 0.15) is 0 Å². The Hall–Kier alpha value is -1.73. The molecule has 0 bridgehead atoms. The molecule has 1 aromatic heterocycles. The van der Waals surface area contributed by atoms with Crippen molar-refractivity contribution in [2.75, 3.05) is 13.0 Å². The van der Waals surface area contributed by atoms with Gasteiger partial charge in [-0.25, -0.2) is 0 Å². The average Bonchev–Trinajstić information content (AvgIpc) is 2.86. The zero-order valence-electron chi connectivity index (χ0n) is 12.0. The van der Waals surface area contributed by atoms with Crippen LogP contribution in [0, 0.1) is 0 Å². The number of hydrogen-bond donors (Lipinski definition) is 0. The van der Waals surface area contributed by atoms with Gasteiger partial charge in [-0.15, -0.1) is 10.2 Å². The first kappa shape index (κ1) is 13.3. The number of rotatable bonds is 2. The number of hydrogen-bond acceptors (Lipinski definition) is 5. The Balaban J connectivity index is 1.81. The summed E-state index contributed by atoms with van der Waals surface area (Å²) >= 11 is 0. The van der Waals surface area contributed by atoms with Crippen LogP contribution in [0.15, 0.2) is 24.3 Å². The van der Waals surface area contributed by atoms with Crippen LogP contribution in [0.3, 0.4) is 0 Å². The van der Waals surface area contributed by atoms with E-state index in [0.29, 0.717) is 5.82 Å². The Morgan fingerprint density at radius 2 is 2.00 bits per heavy atom. The van der Waals surface area contributed by atoms with E-state index in [0.717, 1.165) is 24.1 Å². The average molecular weight is 273 g/mol. The molecule has 1 fully saturated rings. The maximum atomic E-state index is 5.82. The molecule has 2 heterocycles. The van der Waals surface area contributed by atoms with Gasteiger partial charge in [-0.05, 0) is 11.3 Å². The van der Waals surface area contributed by atoms with E-state index >= 15 is 0 Å². The minimum absolute atomic E-state index is 0.304. The van der Waals surface area contributed by atoms with Crippen LogP contribution in [0.2, 0.25) is 13.6 Å². The van der Waals surface area contributed by atoms with E-state index in [1.54, 1.807) is 7.05 Å². The van der Waals surface area contributed by atoms with Gasteiger partial charge in [0.2, 0.25) is 5.82 Å². The van der Waals surface area contributed by atoms with E-state index < -0.39 is 6.15 Å². The Bertz CT molecular complexity index is 604. The molecule has 0 unspecified atom stereocenters. The summed E-state index contributed by atoms with van der Waals surface area (Å²) in [6.45, 7) is 5.88. The van der Waals surface area contributed by atoms with Crippen LogP contribution in [-0.2, 0) is 16.5 Å². The molecule has 1 aliphatic rings. The molecular formula is C13H18BN4O2-. The van der Waals surface area contributed by atoms with Gasteiger partial charge in [0.15, 0.2) is 6.29 Å². The summed E-state index contributed by atoms with van der Waals surface area (Å²) in [6, 6.07) is 7.90. The van der Waals surface area contributed by atoms with E-state index in [1.165, 1.54) is 4.80 Å². The van der Waals surface area contributed by atoms with E-state index in [1.807, 2.05) is 24.3 Å². The summed E-state index contributed by atoms with van der Waals surface area (Å²) in [5, 5.41) is 12.1. The third-order valence-corrected chi connectivity index (χ3v) is 3.32. The summed E-state index contributed by atoms with van der Waals surface area (Å²) in [5.74, 6) is 0.606. The number of aryl methyl sites for hydroxylation is 1. The molecule has 0 saturated carbocycles. The first-order valence-corrected chi connectivity index (χ1v) is 6.87. The molecule has 0 radical (unpaired) electrons. The SMILES string of the molecule is Cn1nnc(-c2cccc(C3OC[B-](C)(C)CO3)c2)n1. The molecule has 0 amide bonds. The van der Waals surface area contributed by atoms with Crippen molar-refractivity contribution >= 4 is 6.15 Å². The van der Waals surface area contributed by atoms with Crippen LogP contribution in [0.5, 0.6) is 0 Å². The smallest absolute Gasteiger partial charge is 0.204 e. The lowest BCUT2D eigenvalue weighted by molar-refractivity contribution is -0.141. The summed E-state index contributed by atoms with van der Waals surface area (Å²) in [6.07, 6.45) is -0.860. The third-order valence-electron chi connectivity index (χ3n) is 3.32. The van der Waals surface area contributed by atoms with Gasteiger partial charge in [0.25, 0.3) is 0 Å². The zero-order chi connectivity index (χ0) is 14.2. The van der Waals surface area contributed by atoms with E-state index in [4.69, 9.17) is 9.47 Å². The Morgan fingerprint density at radius 3 is 2.65 bits per heavy atom. The van der Waals surface area contributed by atoms with Crippen LogP contribution in [0.25, 0.3) is 11.4 Å². The molecule has 0 aliphatic carbocycles. The molecule has 0 spiro atoms. The van der Waals surface area contributed by atoms with E-state index in [2.05, 4.69) is 29.1 Å². The van der Waals surface area contributed by atoms with Gasteiger partial charge in [-0.1, -0.05) is 31.2 Å². The normalized spacial score (nSPS) is 19.1. The van der Waals surface area contributed by atoms with Crippen LogP contribution in [0.4, 0.5) is 0 Å². The minimum atomic E-state index is -0.556. The second kappa shape index (κ2) is 4.99. The van der Waals surface area contributed by atoms with Crippen LogP contribution >= 0.6 is 0 Å². The molecule has 7 heteroatoms. The monoisotopic (exact) mass is 273 g/mol. The maximum Gasteiger partial charge on any atom is 0.204 e. The number of nitrogens with zero attached hydrogens (tertiary/aromatic N) is 4. The largest absolute Gasteiger partial charge is 0.387 e. The van der Waals surface area contributed by atoms with Crippen molar-refractivity contribution < 1.29 is 9.47 Å². The molecule has 6 nitrogen and oxygen atoms in total. The molecule has 1 aliphatic heterocycles. The topological polar surface area (TPSA) is 62.1 Å². The number of ether oxygens (including phenoxy) is 2. The standard InChI is InChI=1S/C13H18BN4O2/c1-14(2)8-19-13(20-9-14)11-6-4-5-10(7-11)12-15-17-18(3)16-12/h4-7,13H,8-9H2,1-3H3/q-1. The van der Waals surface area contributed by atoms with Gasteiger partial charge in [-0.3, -0.25) is 0 Å². The lowest BCUT2D eigenvalue weighted by Gasteiger charge is -2.39. The lowest BCUT2D eigenvalue weighted by atomic mass is 9.29. The molecule has 106 valence electrons. The number of tetrazole rings is 1. The molecule has 0 N–H and O–H groups in total. The summed E-state index contributed by atoms with van der Waals surface area (Å²) in [7, 11) is 1.75. The summed E-state index contributed by atoms with van der Waals surface area (Å²) < 4.78 is 11.6. The highest BCUT2D eigenvalue weighted by atomic mass is 16.7. The van der Waals surface area contributed by atoms with Crippen molar-refractivity contribution in [3.05, 3.63) is 29.8 Å². The Labute approximate surface area is 118 Å².